The van der Waals surface area contributed by atoms with E-state index < -0.39 is 0 Å². The van der Waals surface area contributed by atoms with Crippen molar-refractivity contribution in [1.29, 1.82) is 0 Å². The fourth-order valence-electron chi connectivity index (χ4n) is 8.86. The Morgan fingerprint density at radius 1 is 0.246 bits per heavy atom. The molecule has 0 N–H and O–H groups in total. The number of fused-ring (bicyclic) bond motifs is 4. The maximum absolute atomic E-state index is 6.74. The molecular weight excluding hydrogens is 689 g/mol. The molecule has 0 aliphatic heterocycles. The summed E-state index contributed by atoms with van der Waals surface area (Å²) in [6.45, 7) is 0. The van der Waals surface area contributed by atoms with E-state index in [0.717, 1.165) is 44.5 Å². The Hall–Kier alpha value is -7.48. The lowest BCUT2D eigenvalue weighted by Gasteiger charge is -2.18. The first kappa shape index (κ1) is 32.9. The summed E-state index contributed by atoms with van der Waals surface area (Å²) in [5.41, 5.74) is 13.9. The maximum Gasteiger partial charge on any atom is 0.143 e. The van der Waals surface area contributed by atoms with Crippen molar-refractivity contribution < 1.29 is 4.42 Å². The van der Waals surface area contributed by atoms with Gasteiger partial charge in [-0.05, 0) is 101 Å². The van der Waals surface area contributed by atoms with E-state index in [2.05, 4.69) is 212 Å². The molecule has 0 spiro atoms. The second-order valence-corrected chi connectivity index (χ2v) is 14.8. The fraction of sp³-hybridized carbons (Fsp3) is 0. The van der Waals surface area contributed by atoms with Crippen LogP contribution in [0.4, 0.5) is 0 Å². The molecule has 1 aromatic heterocycles. The van der Waals surface area contributed by atoms with Gasteiger partial charge in [0.15, 0.2) is 0 Å². The summed E-state index contributed by atoms with van der Waals surface area (Å²) in [6, 6.07) is 78.7. The van der Waals surface area contributed by atoms with Crippen molar-refractivity contribution in [2.45, 2.75) is 0 Å². The first-order valence-corrected chi connectivity index (χ1v) is 19.6. The van der Waals surface area contributed by atoms with Gasteiger partial charge in [-0.3, -0.25) is 0 Å². The summed E-state index contributed by atoms with van der Waals surface area (Å²) >= 11 is 0. The van der Waals surface area contributed by atoms with Crippen molar-refractivity contribution in [3.63, 3.8) is 0 Å². The summed E-state index contributed by atoms with van der Waals surface area (Å²) in [5.74, 6) is 0.893. The molecular formula is C56H36O. The highest BCUT2D eigenvalue weighted by atomic mass is 16.3. The maximum atomic E-state index is 6.74. The Morgan fingerprint density at radius 3 is 1.39 bits per heavy atom. The van der Waals surface area contributed by atoms with Crippen LogP contribution in [0.25, 0.3) is 110 Å². The molecule has 11 aromatic rings. The van der Waals surface area contributed by atoms with Crippen LogP contribution in [0.5, 0.6) is 0 Å². The molecule has 0 saturated carbocycles. The van der Waals surface area contributed by atoms with Gasteiger partial charge < -0.3 is 4.42 Å². The van der Waals surface area contributed by atoms with Crippen molar-refractivity contribution in [3.05, 3.63) is 218 Å². The van der Waals surface area contributed by atoms with E-state index in [4.69, 9.17) is 4.42 Å². The minimum absolute atomic E-state index is 0.877. The quantitative estimate of drug-likeness (QED) is 0.156. The van der Waals surface area contributed by atoms with E-state index in [0.29, 0.717) is 0 Å². The minimum atomic E-state index is 0.877. The van der Waals surface area contributed by atoms with Crippen LogP contribution >= 0.6 is 0 Å². The van der Waals surface area contributed by atoms with Crippen molar-refractivity contribution >= 4 is 43.3 Å². The Kier molecular flexibility index (Phi) is 7.89. The summed E-state index contributed by atoms with van der Waals surface area (Å²) in [6.07, 6.45) is 0. The summed E-state index contributed by atoms with van der Waals surface area (Å²) in [4.78, 5) is 0. The average Bonchev–Trinajstić information content (AvgIpc) is 3.68. The standard InChI is InChI=1S/C56H36O/c1-3-16-39(17-4-1)55-51-34-33-43(36-52(51)57-56(55)41-18-5-2-6-19-41)42-21-13-22-44(35-42)54-49-26-11-9-24-47(49)53(48-25-10-12-27-50(48)54)40-31-29-38(30-32-40)46-28-14-20-37-15-7-8-23-45(37)46/h1-36H. The molecule has 0 fully saturated rings. The molecule has 0 amide bonds. The van der Waals surface area contributed by atoms with E-state index in [1.807, 2.05) is 6.07 Å². The van der Waals surface area contributed by atoms with E-state index in [9.17, 15) is 0 Å². The highest BCUT2D eigenvalue weighted by Crippen LogP contribution is 2.46. The van der Waals surface area contributed by atoms with Gasteiger partial charge in [-0.2, -0.15) is 0 Å². The highest BCUT2D eigenvalue weighted by Gasteiger charge is 2.20. The van der Waals surface area contributed by atoms with Gasteiger partial charge in [-0.25, -0.2) is 0 Å². The third kappa shape index (κ3) is 5.63. The third-order valence-electron chi connectivity index (χ3n) is 11.5. The third-order valence-corrected chi connectivity index (χ3v) is 11.5. The van der Waals surface area contributed by atoms with Crippen LogP contribution in [0, 0.1) is 0 Å². The lowest BCUT2D eigenvalue weighted by Crippen LogP contribution is -1.91. The van der Waals surface area contributed by atoms with Crippen LogP contribution < -0.4 is 0 Å². The minimum Gasteiger partial charge on any atom is -0.455 e. The second kappa shape index (κ2) is 13.7. The largest absolute Gasteiger partial charge is 0.455 e. The monoisotopic (exact) mass is 724 g/mol. The van der Waals surface area contributed by atoms with Crippen LogP contribution in [-0.2, 0) is 0 Å². The smallest absolute Gasteiger partial charge is 0.143 e. The Balaban J connectivity index is 1.04. The predicted molar refractivity (Wildman–Crippen MR) is 241 cm³/mol. The lowest BCUT2D eigenvalue weighted by atomic mass is 9.85. The zero-order chi connectivity index (χ0) is 37.7. The molecule has 0 atom stereocenters. The first-order valence-electron chi connectivity index (χ1n) is 19.6. The van der Waals surface area contributed by atoms with Crippen molar-refractivity contribution in [3.8, 4) is 67.0 Å². The van der Waals surface area contributed by atoms with Gasteiger partial charge in [0.1, 0.15) is 11.3 Å². The molecule has 0 aliphatic carbocycles. The number of hydrogen-bond acceptors (Lipinski definition) is 1. The fourth-order valence-corrected chi connectivity index (χ4v) is 8.86. The number of benzene rings is 10. The van der Waals surface area contributed by atoms with E-state index >= 15 is 0 Å². The summed E-state index contributed by atoms with van der Waals surface area (Å²) in [7, 11) is 0. The predicted octanol–water partition coefficient (Wildman–Crippen LogP) is 15.9. The highest BCUT2D eigenvalue weighted by molar-refractivity contribution is 6.21. The van der Waals surface area contributed by atoms with E-state index in [1.54, 1.807) is 0 Å². The van der Waals surface area contributed by atoms with Gasteiger partial charge in [-0.15, -0.1) is 0 Å². The van der Waals surface area contributed by atoms with Gasteiger partial charge in [-0.1, -0.05) is 200 Å². The molecule has 0 unspecified atom stereocenters. The molecule has 0 aliphatic rings. The lowest BCUT2D eigenvalue weighted by molar-refractivity contribution is 0.632. The molecule has 0 bridgehead atoms. The van der Waals surface area contributed by atoms with Gasteiger partial charge in [0, 0.05) is 16.5 Å². The van der Waals surface area contributed by atoms with Gasteiger partial charge in [0.05, 0.1) is 0 Å². The Labute approximate surface area is 331 Å². The van der Waals surface area contributed by atoms with Crippen LogP contribution in [-0.4, -0.2) is 0 Å². The molecule has 57 heavy (non-hydrogen) atoms. The van der Waals surface area contributed by atoms with Crippen LogP contribution in [0.3, 0.4) is 0 Å². The SMILES string of the molecule is c1ccc(-c2oc3cc(-c4cccc(-c5c6ccccc6c(-c6ccc(-c7cccc8ccccc78)cc6)c6ccccc56)c4)ccc3c2-c2ccccc2)cc1. The van der Waals surface area contributed by atoms with Crippen LogP contribution in [0.2, 0.25) is 0 Å². The molecule has 1 heterocycles. The number of furan rings is 1. The summed E-state index contributed by atoms with van der Waals surface area (Å²) < 4.78 is 6.74. The normalized spacial score (nSPS) is 11.5. The molecule has 0 saturated heterocycles. The summed E-state index contributed by atoms with van der Waals surface area (Å²) in [5, 5.41) is 8.60. The van der Waals surface area contributed by atoms with E-state index in [1.165, 1.54) is 65.7 Å². The zero-order valence-corrected chi connectivity index (χ0v) is 31.2. The molecule has 1 heteroatoms. The topological polar surface area (TPSA) is 13.1 Å². The van der Waals surface area contributed by atoms with Gasteiger partial charge in [0.25, 0.3) is 0 Å². The molecule has 10 aromatic carbocycles. The van der Waals surface area contributed by atoms with Gasteiger partial charge in [0.2, 0.25) is 0 Å². The first-order chi connectivity index (χ1) is 28.3. The van der Waals surface area contributed by atoms with Crippen LogP contribution in [0.15, 0.2) is 223 Å². The van der Waals surface area contributed by atoms with Crippen LogP contribution in [0.1, 0.15) is 0 Å². The van der Waals surface area contributed by atoms with Crippen molar-refractivity contribution in [2.75, 3.05) is 0 Å². The van der Waals surface area contributed by atoms with Crippen molar-refractivity contribution in [1.82, 2.24) is 0 Å². The second-order valence-electron chi connectivity index (χ2n) is 14.8. The number of hydrogen-bond donors (Lipinski definition) is 0. The zero-order valence-electron chi connectivity index (χ0n) is 31.2. The van der Waals surface area contributed by atoms with Gasteiger partial charge >= 0.3 is 0 Å². The Bertz CT molecular complexity index is 3200. The average molecular weight is 725 g/mol. The number of rotatable bonds is 6. The molecule has 1 nitrogen and oxygen atoms in total. The molecule has 266 valence electrons. The molecule has 11 rings (SSSR count). The molecule has 0 radical (unpaired) electrons. The Morgan fingerprint density at radius 2 is 0.702 bits per heavy atom. The van der Waals surface area contributed by atoms with E-state index in [-0.39, 0.29) is 0 Å². The van der Waals surface area contributed by atoms with Crippen molar-refractivity contribution in [2.24, 2.45) is 0 Å².